The maximum Gasteiger partial charge on any atom is 0.259 e. The van der Waals surface area contributed by atoms with E-state index in [-0.39, 0.29) is 6.54 Å². The fourth-order valence-corrected chi connectivity index (χ4v) is 1.80. The van der Waals surface area contributed by atoms with Gasteiger partial charge in [-0.2, -0.15) is 5.10 Å². The molecule has 0 unspecified atom stereocenters. The number of hydrogen-bond donors (Lipinski definition) is 2. The zero-order valence-corrected chi connectivity index (χ0v) is 12.7. The minimum Gasteiger partial charge on any atom is -0.343 e. The Bertz CT molecular complexity index is 732. The molecule has 0 aliphatic carbocycles. The molecule has 0 atom stereocenters. The molecule has 0 aliphatic heterocycles. The summed E-state index contributed by atoms with van der Waals surface area (Å²) in [4.78, 5) is 23.3. The van der Waals surface area contributed by atoms with Crippen LogP contribution in [0.5, 0.6) is 0 Å². The Kier molecular flexibility index (Phi) is 5.82. The highest BCUT2D eigenvalue weighted by Gasteiger charge is 2.07. The maximum absolute atomic E-state index is 12.9. The molecule has 2 rings (SSSR count). The standard InChI is InChI=1S/C16H13ClFN3O2/c17-13-6-4-12(5-7-13)16(23)19-10-15(22)21-20-9-11-2-1-3-14(18)8-11/h1-9H,10H2,(H,19,23)(H,21,22)/b20-9+. The molecule has 23 heavy (non-hydrogen) atoms. The summed E-state index contributed by atoms with van der Waals surface area (Å²) in [6.45, 7) is -0.234. The van der Waals surface area contributed by atoms with Gasteiger partial charge in [0.05, 0.1) is 12.8 Å². The molecular weight excluding hydrogens is 321 g/mol. The summed E-state index contributed by atoms with van der Waals surface area (Å²) in [6, 6.07) is 12.0. The number of carbonyl (C=O) groups is 2. The topological polar surface area (TPSA) is 70.6 Å². The van der Waals surface area contributed by atoms with E-state index in [0.29, 0.717) is 16.1 Å². The first-order valence-electron chi connectivity index (χ1n) is 6.66. The Morgan fingerprint density at radius 3 is 2.61 bits per heavy atom. The van der Waals surface area contributed by atoms with Crippen molar-refractivity contribution in [1.29, 1.82) is 0 Å². The number of rotatable bonds is 5. The van der Waals surface area contributed by atoms with E-state index in [2.05, 4.69) is 15.8 Å². The summed E-state index contributed by atoms with van der Waals surface area (Å²) in [5.74, 6) is -1.29. The first kappa shape index (κ1) is 16.6. The monoisotopic (exact) mass is 333 g/mol. The quantitative estimate of drug-likeness (QED) is 0.651. The van der Waals surface area contributed by atoms with Crippen molar-refractivity contribution in [2.75, 3.05) is 6.54 Å². The van der Waals surface area contributed by atoms with Gasteiger partial charge in [0, 0.05) is 10.6 Å². The highest BCUT2D eigenvalue weighted by atomic mass is 35.5. The van der Waals surface area contributed by atoms with Crippen LogP contribution in [0.25, 0.3) is 0 Å². The Morgan fingerprint density at radius 1 is 1.17 bits per heavy atom. The van der Waals surface area contributed by atoms with Crippen molar-refractivity contribution in [2.24, 2.45) is 5.10 Å². The van der Waals surface area contributed by atoms with Crippen molar-refractivity contribution in [1.82, 2.24) is 10.7 Å². The maximum atomic E-state index is 12.9. The lowest BCUT2D eigenvalue weighted by Gasteiger charge is -2.04. The Morgan fingerprint density at radius 2 is 1.91 bits per heavy atom. The summed E-state index contributed by atoms with van der Waals surface area (Å²) in [5, 5.41) is 6.65. The smallest absolute Gasteiger partial charge is 0.259 e. The molecular formula is C16H13ClFN3O2. The summed E-state index contributed by atoms with van der Waals surface area (Å²) in [5.41, 5.74) is 3.14. The molecule has 0 radical (unpaired) electrons. The van der Waals surface area contributed by atoms with Gasteiger partial charge in [-0.05, 0) is 42.0 Å². The molecule has 0 bridgehead atoms. The van der Waals surface area contributed by atoms with Crippen molar-refractivity contribution in [3.63, 3.8) is 0 Å². The third-order valence-corrected chi connectivity index (χ3v) is 3.02. The molecule has 2 amide bonds. The van der Waals surface area contributed by atoms with Gasteiger partial charge < -0.3 is 5.32 Å². The van der Waals surface area contributed by atoms with Crippen LogP contribution in [-0.2, 0) is 4.79 Å². The highest BCUT2D eigenvalue weighted by Crippen LogP contribution is 2.09. The van der Waals surface area contributed by atoms with E-state index in [1.807, 2.05) is 0 Å². The summed E-state index contributed by atoms with van der Waals surface area (Å²) in [6.07, 6.45) is 1.31. The van der Waals surface area contributed by atoms with Crippen LogP contribution in [-0.4, -0.2) is 24.6 Å². The number of halogens is 2. The highest BCUT2D eigenvalue weighted by molar-refractivity contribution is 6.30. The van der Waals surface area contributed by atoms with Crippen molar-refractivity contribution in [2.45, 2.75) is 0 Å². The molecule has 0 spiro atoms. The molecule has 0 fully saturated rings. The number of benzene rings is 2. The molecule has 0 saturated heterocycles. The molecule has 118 valence electrons. The predicted molar refractivity (Wildman–Crippen MR) is 85.9 cm³/mol. The van der Waals surface area contributed by atoms with Crippen molar-refractivity contribution in [3.05, 3.63) is 70.5 Å². The van der Waals surface area contributed by atoms with Crippen LogP contribution in [0.4, 0.5) is 4.39 Å². The fourth-order valence-electron chi connectivity index (χ4n) is 1.67. The van der Waals surface area contributed by atoms with Crippen LogP contribution in [0.2, 0.25) is 5.02 Å². The third-order valence-electron chi connectivity index (χ3n) is 2.77. The van der Waals surface area contributed by atoms with E-state index >= 15 is 0 Å². The second-order valence-corrected chi connectivity index (χ2v) is 4.97. The van der Waals surface area contributed by atoms with Crippen LogP contribution >= 0.6 is 11.6 Å². The van der Waals surface area contributed by atoms with Gasteiger partial charge in [-0.15, -0.1) is 0 Å². The van der Waals surface area contributed by atoms with Crippen LogP contribution < -0.4 is 10.7 Å². The minimum atomic E-state index is -0.500. The minimum absolute atomic E-state index is 0.234. The van der Waals surface area contributed by atoms with Gasteiger partial charge >= 0.3 is 0 Å². The van der Waals surface area contributed by atoms with Crippen LogP contribution in [0.1, 0.15) is 15.9 Å². The van der Waals surface area contributed by atoms with Crippen LogP contribution in [0.15, 0.2) is 53.6 Å². The zero-order chi connectivity index (χ0) is 16.7. The van der Waals surface area contributed by atoms with Gasteiger partial charge in [0.1, 0.15) is 5.82 Å². The average Bonchev–Trinajstić information content (AvgIpc) is 2.53. The lowest BCUT2D eigenvalue weighted by molar-refractivity contribution is -0.120. The normalized spacial score (nSPS) is 10.5. The lowest BCUT2D eigenvalue weighted by Crippen LogP contribution is -2.34. The van der Waals surface area contributed by atoms with Gasteiger partial charge in [0.25, 0.3) is 11.8 Å². The summed E-state index contributed by atoms with van der Waals surface area (Å²) in [7, 11) is 0. The number of hydrogen-bond acceptors (Lipinski definition) is 3. The van der Waals surface area contributed by atoms with E-state index < -0.39 is 17.6 Å². The third kappa shape index (κ3) is 5.52. The van der Waals surface area contributed by atoms with Gasteiger partial charge in [0.2, 0.25) is 0 Å². The predicted octanol–water partition coefficient (Wildman–Crippen LogP) is 2.36. The van der Waals surface area contributed by atoms with E-state index in [1.54, 1.807) is 30.3 Å². The van der Waals surface area contributed by atoms with Gasteiger partial charge in [-0.3, -0.25) is 9.59 Å². The van der Waals surface area contributed by atoms with E-state index in [9.17, 15) is 14.0 Å². The average molecular weight is 334 g/mol. The van der Waals surface area contributed by atoms with E-state index in [4.69, 9.17) is 11.6 Å². The second kappa shape index (κ2) is 8.05. The molecule has 2 aromatic carbocycles. The van der Waals surface area contributed by atoms with Crippen LogP contribution in [0.3, 0.4) is 0 Å². The molecule has 0 aliphatic rings. The summed E-state index contributed by atoms with van der Waals surface area (Å²) >= 11 is 5.73. The zero-order valence-electron chi connectivity index (χ0n) is 11.9. The number of nitrogens with one attached hydrogen (secondary N) is 2. The SMILES string of the molecule is O=C(CNC(=O)c1ccc(Cl)cc1)N/N=C/c1cccc(F)c1. The van der Waals surface area contributed by atoms with Crippen molar-refractivity contribution in [3.8, 4) is 0 Å². The molecule has 0 aromatic heterocycles. The van der Waals surface area contributed by atoms with Gasteiger partial charge in [-0.1, -0.05) is 23.7 Å². The van der Waals surface area contributed by atoms with E-state index in [0.717, 1.165) is 0 Å². The molecule has 2 aromatic rings. The Hall–Kier alpha value is -2.73. The number of hydrazone groups is 1. The number of carbonyl (C=O) groups excluding carboxylic acids is 2. The van der Waals surface area contributed by atoms with Crippen molar-refractivity contribution < 1.29 is 14.0 Å². The molecule has 5 nitrogen and oxygen atoms in total. The fraction of sp³-hybridized carbons (Fsp3) is 0.0625. The van der Waals surface area contributed by atoms with Gasteiger partial charge in [0.15, 0.2) is 0 Å². The summed E-state index contributed by atoms with van der Waals surface area (Å²) < 4.78 is 12.9. The second-order valence-electron chi connectivity index (χ2n) is 4.54. The molecule has 0 saturated carbocycles. The number of nitrogens with zero attached hydrogens (tertiary/aromatic N) is 1. The Labute approximate surface area is 137 Å². The molecule has 0 heterocycles. The largest absolute Gasteiger partial charge is 0.343 e. The number of amides is 2. The lowest BCUT2D eigenvalue weighted by atomic mass is 10.2. The van der Waals surface area contributed by atoms with E-state index in [1.165, 1.54) is 24.4 Å². The molecule has 2 N–H and O–H groups in total. The van der Waals surface area contributed by atoms with Crippen molar-refractivity contribution >= 4 is 29.6 Å². The van der Waals surface area contributed by atoms with Crippen LogP contribution in [0, 0.1) is 5.82 Å². The Balaban J connectivity index is 1.78. The first-order valence-corrected chi connectivity index (χ1v) is 7.03. The van der Waals surface area contributed by atoms with Gasteiger partial charge in [-0.25, -0.2) is 9.82 Å². The molecule has 7 heteroatoms. The first-order chi connectivity index (χ1) is 11.0.